The minimum absolute atomic E-state index is 0.0434. The topological polar surface area (TPSA) is 133 Å². The van der Waals surface area contributed by atoms with E-state index in [-0.39, 0.29) is 30.4 Å². The minimum atomic E-state index is -4.07. The van der Waals surface area contributed by atoms with E-state index in [9.17, 15) is 26.7 Å². The fraction of sp³-hybridized carbons (Fsp3) is 0.559. The molecule has 0 saturated heterocycles. The molecule has 2 aromatic rings. The number of nitrogens with zero attached hydrogens (tertiary/aromatic N) is 2. The van der Waals surface area contributed by atoms with Gasteiger partial charge in [0.25, 0.3) is 5.91 Å². The Morgan fingerprint density at radius 2 is 1.87 bits per heavy atom. The number of ether oxygens (including phenoxy) is 1. The molecule has 258 valence electrons. The number of amides is 1. The average Bonchev–Trinajstić information content (AvgIpc) is 3.00. The van der Waals surface area contributed by atoms with Crippen LogP contribution in [-0.2, 0) is 33.1 Å². The molecular weight excluding hydrogens is 662 g/mol. The zero-order chi connectivity index (χ0) is 34.1. The van der Waals surface area contributed by atoms with Crippen LogP contribution in [0.2, 0.25) is 5.02 Å². The fourth-order valence-corrected chi connectivity index (χ4v) is 9.41. The molecule has 2 aromatic carbocycles. The van der Waals surface area contributed by atoms with E-state index in [4.69, 9.17) is 16.3 Å². The van der Waals surface area contributed by atoms with Crippen molar-refractivity contribution in [3.63, 3.8) is 0 Å². The van der Waals surface area contributed by atoms with Gasteiger partial charge in [-0.1, -0.05) is 36.7 Å². The Kier molecular flexibility index (Phi) is 10.7. The minimum Gasteiger partial charge on any atom is -0.487 e. The van der Waals surface area contributed by atoms with Crippen molar-refractivity contribution in [1.29, 1.82) is 0 Å². The number of carbonyl (C=O) groups excluding carboxylic acids is 1. The first-order chi connectivity index (χ1) is 22.1. The highest BCUT2D eigenvalue weighted by molar-refractivity contribution is 7.90. The summed E-state index contributed by atoms with van der Waals surface area (Å²) < 4.78 is 62.7. The molecule has 10 nitrogen and oxygen atoms in total. The summed E-state index contributed by atoms with van der Waals surface area (Å²) in [5.41, 5.74) is 1.30. The highest BCUT2D eigenvalue weighted by Gasteiger charge is 2.48. The third-order valence-corrected chi connectivity index (χ3v) is 14.3. The number of allylic oxidation sites excluding steroid dienone is 1. The number of hydrogen-bond acceptors (Lipinski definition) is 8. The number of carbonyl (C=O) groups is 1. The average molecular weight is 708 g/mol. The van der Waals surface area contributed by atoms with E-state index in [1.54, 1.807) is 44.2 Å². The lowest BCUT2D eigenvalue weighted by atomic mass is 9.64. The van der Waals surface area contributed by atoms with Gasteiger partial charge in [-0.25, -0.2) is 25.9 Å². The lowest BCUT2D eigenvalue weighted by Gasteiger charge is -2.48. The number of aliphatic hydroxyl groups is 1. The molecule has 3 aliphatic rings. The third kappa shape index (κ3) is 7.99. The number of benzene rings is 2. The Morgan fingerprint density at radius 3 is 2.57 bits per heavy atom. The summed E-state index contributed by atoms with van der Waals surface area (Å²) in [7, 11) is -4.94. The Labute approximate surface area is 284 Å². The van der Waals surface area contributed by atoms with Crippen LogP contribution in [0.15, 0.2) is 48.6 Å². The van der Waals surface area contributed by atoms with Crippen LogP contribution in [0, 0.1) is 17.8 Å². The molecule has 0 radical (unpaired) electrons. The molecule has 2 aliphatic heterocycles. The molecule has 0 aromatic heterocycles. The first kappa shape index (κ1) is 35.7. The zero-order valence-electron chi connectivity index (χ0n) is 27.5. The summed E-state index contributed by atoms with van der Waals surface area (Å²) in [6, 6.07) is 10.7. The quantitative estimate of drug-likeness (QED) is 0.437. The van der Waals surface area contributed by atoms with Gasteiger partial charge in [0.05, 0.1) is 16.7 Å². The Balaban J connectivity index is 1.59. The zero-order valence-corrected chi connectivity index (χ0v) is 29.9. The second-order valence-corrected chi connectivity index (χ2v) is 18.2. The van der Waals surface area contributed by atoms with E-state index in [0.717, 1.165) is 41.1 Å². The Bertz CT molecular complexity index is 1730. The molecule has 13 heteroatoms. The lowest BCUT2D eigenvalue weighted by Crippen LogP contribution is -2.54. The maximum Gasteiger partial charge on any atom is 0.264 e. The van der Waals surface area contributed by atoms with Gasteiger partial charge in [0, 0.05) is 37.8 Å². The summed E-state index contributed by atoms with van der Waals surface area (Å²) in [5, 5.41) is 11.9. The first-order valence-electron chi connectivity index (χ1n) is 16.2. The summed E-state index contributed by atoms with van der Waals surface area (Å²) in [6.07, 6.45) is 7.46. The van der Waals surface area contributed by atoms with Crippen molar-refractivity contribution >= 4 is 43.2 Å². The Hall–Kier alpha value is -2.64. The molecule has 2 heterocycles. The van der Waals surface area contributed by atoms with E-state index in [2.05, 4.69) is 9.62 Å². The molecule has 1 saturated carbocycles. The molecule has 1 fully saturated rings. The van der Waals surface area contributed by atoms with Crippen LogP contribution >= 0.6 is 11.6 Å². The molecule has 2 N–H and O–H groups in total. The normalized spacial score (nSPS) is 29.3. The highest BCUT2D eigenvalue weighted by Crippen LogP contribution is 2.45. The third-order valence-electron chi connectivity index (χ3n) is 10.2. The van der Waals surface area contributed by atoms with Crippen LogP contribution in [0.1, 0.15) is 67.4 Å². The van der Waals surface area contributed by atoms with Gasteiger partial charge in [-0.2, -0.15) is 0 Å². The van der Waals surface area contributed by atoms with Crippen molar-refractivity contribution in [3.8, 4) is 5.75 Å². The van der Waals surface area contributed by atoms with Gasteiger partial charge in [-0.15, -0.1) is 0 Å². The second-order valence-electron chi connectivity index (χ2n) is 13.6. The summed E-state index contributed by atoms with van der Waals surface area (Å²) in [5.74, 6) is -1.47. The van der Waals surface area contributed by atoms with E-state index in [1.165, 1.54) is 14.1 Å². The molecule has 47 heavy (non-hydrogen) atoms. The SMILES string of the molecule is C[C@@H]1[C@@H](C)C/C=C/[C@@](O)(CS(=O)(=O)N(C)C)[C@@H]2CC[C@H]2CN2CCCCc3cc(Cl)ccc3COc3ccc(cc32)C(=O)NS1(=O)=O. The second kappa shape index (κ2) is 14.1. The van der Waals surface area contributed by atoms with E-state index in [0.29, 0.717) is 36.0 Å². The maximum atomic E-state index is 13.4. The molecule has 1 amide bonds. The largest absolute Gasteiger partial charge is 0.487 e. The molecule has 0 unspecified atom stereocenters. The van der Waals surface area contributed by atoms with Crippen LogP contribution in [0.3, 0.4) is 0 Å². The monoisotopic (exact) mass is 707 g/mol. The summed E-state index contributed by atoms with van der Waals surface area (Å²) in [6.45, 7) is 4.68. The predicted octanol–water partition coefficient (Wildman–Crippen LogP) is 4.75. The molecule has 1 aliphatic carbocycles. The van der Waals surface area contributed by atoms with Gasteiger partial charge in [-0.3, -0.25) is 4.79 Å². The van der Waals surface area contributed by atoms with Gasteiger partial charge in [0.2, 0.25) is 20.0 Å². The maximum absolute atomic E-state index is 13.4. The van der Waals surface area contributed by atoms with Crippen LogP contribution in [0.4, 0.5) is 5.69 Å². The molecule has 5 atom stereocenters. The van der Waals surface area contributed by atoms with Gasteiger partial charge in [-0.05, 0) is 105 Å². The number of anilines is 1. The van der Waals surface area contributed by atoms with E-state index >= 15 is 0 Å². The van der Waals surface area contributed by atoms with Gasteiger partial charge in [0.15, 0.2) is 0 Å². The predicted molar refractivity (Wildman–Crippen MR) is 185 cm³/mol. The van der Waals surface area contributed by atoms with Crippen LogP contribution in [0.25, 0.3) is 0 Å². The first-order valence-corrected chi connectivity index (χ1v) is 19.8. The van der Waals surface area contributed by atoms with Gasteiger partial charge < -0.3 is 14.7 Å². The molecule has 2 bridgehead atoms. The molecule has 0 spiro atoms. The van der Waals surface area contributed by atoms with Crippen LogP contribution < -0.4 is 14.4 Å². The number of sulfonamides is 2. The fourth-order valence-electron chi connectivity index (χ4n) is 6.77. The van der Waals surface area contributed by atoms with Crippen molar-refractivity contribution in [2.75, 3.05) is 37.8 Å². The number of halogens is 1. The van der Waals surface area contributed by atoms with E-state index < -0.39 is 48.5 Å². The summed E-state index contributed by atoms with van der Waals surface area (Å²) >= 11 is 6.32. The van der Waals surface area contributed by atoms with Gasteiger partial charge >= 0.3 is 0 Å². The highest BCUT2D eigenvalue weighted by atomic mass is 35.5. The molecular formula is C34H46ClN3O7S2. The van der Waals surface area contributed by atoms with Crippen molar-refractivity contribution in [2.24, 2.45) is 17.8 Å². The van der Waals surface area contributed by atoms with Crippen molar-refractivity contribution in [1.82, 2.24) is 9.03 Å². The van der Waals surface area contributed by atoms with Crippen molar-refractivity contribution in [2.45, 2.75) is 69.8 Å². The van der Waals surface area contributed by atoms with Crippen molar-refractivity contribution < 1.29 is 31.5 Å². The van der Waals surface area contributed by atoms with Crippen molar-refractivity contribution in [3.05, 3.63) is 70.3 Å². The number of aryl methyl sites for hydroxylation is 1. The Morgan fingerprint density at radius 1 is 1.11 bits per heavy atom. The lowest BCUT2D eigenvalue weighted by molar-refractivity contribution is -0.0292. The molecule has 5 rings (SSSR count). The number of hydrogen-bond donors (Lipinski definition) is 2. The smallest absolute Gasteiger partial charge is 0.264 e. The number of nitrogens with one attached hydrogen (secondary N) is 1. The summed E-state index contributed by atoms with van der Waals surface area (Å²) in [4.78, 5) is 15.6. The van der Waals surface area contributed by atoms with Crippen LogP contribution in [-0.4, -0.2) is 75.9 Å². The standard InChI is InChI=1S/C34H46ClN3O7S2/c1-23-8-7-16-34(40,22-46(41,42)37(3)4)30-14-11-27(30)20-38-17-6-5-9-25-18-29(35)13-10-28(25)21-45-32-15-12-26(19-31(32)38)33(39)36-47(43,44)24(23)2/h7,10,12-13,15-16,18-19,23-24,27,30,40H,5-6,8-9,11,14,17,20-22H2,1-4H3,(H,36,39)/b16-7+/t23-,24+,27-,30+,34+/m0/s1. The number of rotatable bonds is 3. The van der Waals surface area contributed by atoms with Gasteiger partial charge in [0.1, 0.15) is 18.0 Å². The number of fused-ring (bicyclic) bond motifs is 3. The van der Waals surface area contributed by atoms with E-state index in [1.807, 2.05) is 18.2 Å². The van der Waals surface area contributed by atoms with Crippen LogP contribution in [0.5, 0.6) is 5.75 Å².